The summed E-state index contributed by atoms with van der Waals surface area (Å²) in [6.07, 6.45) is -4.32. The van der Waals surface area contributed by atoms with Gasteiger partial charge in [-0.25, -0.2) is 13.8 Å². The molecule has 0 amide bonds. The van der Waals surface area contributed by atoms with Crippen molar-refractivity contribution in [2.45, 2.75) is 12.7 Å². The van der Waals surface area contributed by atoms with Gasteiger partial charge in [-0.3, -0.25) is 10.1 Å². The normalized spacial score (nSPS) is 11.3. The van der Waals surface area contributed by atoms with Gasteiger partial charge in [-0.15, -0.1) is 0 Å². The van der Waals surface area contributed by atoms with Crippen LogP contribution >= 0.6 is 0 Å². The number of hydrogen-bond acceptors (Lipinski definition) is 4. The summed E-state index contributed by atoms with van der Waals surface area (Å²) in [4.78, 5) is 13.2. The maximum absolute atomic E-state index is 13.0. The van der Waals surface area contributed by atoms with Crippen LogP contribution in [0.5, 0.6) is 0 Å². The molecule has 0 aliphatic carbocycles. The molecule has 2 aromatic rings. The number of alkyl halides is 3. The van der Waals surface area contributed by atoms with Gasteiger partial charge < -0.3 is 5.32 Å². The Morgan fingerprint density at radius 2 is 1.87 bits per heavy atom. The molecule has 0 fully saturated rings. The van der Waals surface area contributed by atoms with Crippen molar-refractivity contribution in [2.75, 3.05) is 5.32 Å². The minimum Gasteiger partial charge on any atom is -0.360 e. The monoisotopic (exact) mass is 333 g/mol. The molecule has 2 rings (SSSR count). The lowest BCUT2D eigenvalue weighted by molar-refractivity contribution is -0.384. The van der Waals surface area contributed by atoms with Gasteiger partial charge in [-0.05, 0) is 17.7 Å². The average molecular weight is 333 g/mol. The summed E-state index contributed by atoms with van der Waals surface area (Å²) >= 11 is 0. The van der Waals surface area contributed by atoms with Crippen LogP contribution in [0.2, 0.25) is 0 Å². The van der Waals surface area contributed by atoms with E-state index >= 15 is 0 Å². The van der Waals surface area contributed by atoms with Crippen LogP contribution in [0, 0.1) is 21.7 Å². The third kappa shape index (κ3) is 3.90. The molecule has 1 N–H and O–H groups in total. The van der Waals surface area contributed by atoms with Crippen molar-refractivity contribution < 1.29 is 26.9 Å². The predicted octanol–water partition coefficient (Wildman–Crippen LogP) is 3.90. The lowest BCUT2D eigenvalue weighted by atomic mass is 10.2. The van der Waals surface area contributed by atoms with Crippen molar-refractivity contribution in [3.63, 3.8) is 0 Å². The maximum atomic E-state index is 13.0. The van der Waals surface area contributed by atoms with Crippen molar-refractivity contribution in [3.8, 4) is 0 Å². The van der Waals surface area contributed by atoms with Crippen LogP contribution in [0.3, 0.4) is 0 Å². The van der Waals surface area contributed by atoms with E-state index in [1.54, 1.807) is 0 Å². The number of pyridine rings is 1. The second kappa shape index (κ2) is 6.15. The van der Waals surface area contributed by atoms with Crippen molar-refractivity contribution >= 4 is 11.5 Å². The molecule has 0 atom stereocenters. The van der Waals surface area contributed by atoms with Gasteiger partial charge in [0.1, 0.15) is 0 Å². The summed E-state index contributed by atoms with van der Waals surface area (Å²) in [6, 6.07) is 3.29. The van der Waals surface area contributed by atoms with E-state index in [4.69, 9.17) is 0 Å². The Balaban J connectivity index is 2.25. The number of aromatic nitrogens is 1. The highest BCUT2D eigenvalue weighted by Crippen LogP contribution is 2.33. The van der Waals surface area contributed by atoms with E-state index in [9.17, 15) is 32.1 Å². The molecule has 0 bridgehead atoms. The first-order chi connectivity index (χ1) is 10.7. The van der Waals surface area contributed by atoms with Crippen LogP contribution in [-0.2, 0) is 12.7 Å². The summed E-state index contributed by atoms with van der Waals surface area (Å²) in [6.45, 7) is -0.184. The Morgan fingerprint density at radius 3 is 2.43 bits per heavy atom. The molecule has 0 saturated carbocycles. The number of nitrogens with zero attached hydrogens (tertiary/aromatic N) is 2. The Kier molecular flexibility index (Phi) is 4.43. The van der Waals surface area contributed by atoms with Gasteiger partial charge in [0.25, 0.3) is 0 Å². The van der Waals surface area contributed by atoms with E-state index in [2.05, 4.69) is 10.3 Å². The molecule has 0 saturated heterocycles. The Hall–Kier alpha value is -2.78. The molecule has 0 radical (unpaired) electrons. The molecule has 0 unspecified atom stereocenters. The molecule has 0 aliphatic rings. The second-order valence-electron chi connectivity index (χ2n) is 4.45. The summed E-state index contributed by atoms with van der Waals surface area (Å²) in [5.41, 5.74) is -1.90. The fourth-order valence-corrected chi connectivity index (χ4v) is 1.72. The highest BCUT2D eigenvalue weighted by atomic mass is 19.4. The first-order valence-corrected chi connectivity index (χ1v) is 6.08. The molecule has 1 heterocycles. The van der Waals surface area contributed by atoms with E-state index < -0.39 is 39.8 Å². The SMILES string of the molecule is O=[N+]([O-])c1cc(C(F)(F)F)cnc1NCc1ccc(F)c(F)c1. The Labute approximate surface area is 125 Å². The molecular formula is C13H8F5N3O2. The van der Waals surface area contributed by atoms with E-state index in [-0.39, 0.29) is 12.1 Å². The summed E-state index contributed by atoms with van der Waals surface area (Å²) in [5.74, 6) is -2.58. The van der Waals surface area contributed by atoms with Gasteiger partial charge in [0, 0.05) is 18.8 Å². The third-order valence-electron chi connectivity index (χ3n) is 2.84. The largest absolute Gasteiger partial charge is 0.418 e. The van der Waals surface area contributed by atoms with E-state index in [0.29, 0.717) is 12.3 Å². The number of benzene rings is 1. The zero-order valence-corrected chi connectivity index (χ0v) is 11.2. The fourth-order valence-electron chi connectivity index (χ4n) is 1.72. The highest BCUT2D eigenvalue weighted by Gasteiger charge is 2.33. The molecule has 1 aromatic carbocycles. The van der Waals surface area contributed by atoms with E-state index in [1.165, 1.54) is 6.07 Å². The minimum absolute atomic E-state index is 0.184. The first-order valence-electron chi connectivity index (χ1n) is 6.08. The number of nitrogens with one attached hydrogen (secondary N) is 1. The number of rotatable bonds is 4. The lowest BCUT2D eigenvalue weighted by Crippen LogP contribution is -2.10. The summed E-state index contributed by atoms with van der Waals surface area (Å²) in [5, 5.41) is 13.3. The smallest absolute Gasteiger partial charge is 0.360 e. The van der Waals surface area contributed by atoms with Gasteiger partial charge in [0.05, 0.1) is 10.5 Å². The van der Waals surface area contributed by atoms with Crippen LogP contribution in [0.25, 0.3) is 0 Å². The Bertz CT molecular complexity index is 749. The molecule has 122 valence electrons. The number of nitro groups is 1. The van der Waals surface area contributed by atoms with E-state index in [1.807, 2.05) is 0 Å². The van der Waals surface area contributed by atoms with Crippen LogP contribution in [-0.4, -0.2) is 9.91 Å². The van der Waals surface area contributed by atoms with E-state index in [0.717, 1.165) is 12.1 Å². The zero-order chi connectivity index (χ0) is 17.2. The zero-order valence-electron chi connectivity index (χ0n) is 11.2. The lowest BCUT2D eigenvalue weighted by Gasteiger charge is -2.10. The first kappa shape index (κ1) is 16.6. The van der Waals surface area contributed by atoms with Gasteiger partial charge in [-0.2, -0.15) is 13.2 Å². The molecule has 23 heavy (non-hydrogen) atoms. The van der Waals surface area contributed by atoms with Crippen molar-refractivity contribution in [1.82, 2.24) is 4.98 Å². The van der Waals surface area contributed by atoms with Gasteiger partial charge in [-0.1, -0.05) is 6.07 Å². The standard InChI is InChI=1S/C13H8F5N3O2/c14-9-2-1-7(3-10(9)15)5-19-12-11(21(22)23)4-8(6-20-12)13(16,17)18/h1-4,6H,5H2,(H,19,20). The molecule has 1 aromatic heterocycles. The van der Waals surface area contributed by atoms with Gasteiger partial charge in [0.15, 0.2) is 11.6 Å². The number of anilines is 1. The molecule has 0 spiro atoms. The minimum atomic E-state index is -4.77. The van der Waals surface area contributed by atoms with Crippen molar-refractivity contribution in [1.29, 1.82) is 0 Å². The molecule has 0 aliphatic heterocycles. The third-order valence-corrected chi connectivity index (χ3v) is 2.84. The van der Waals surface area contributed by atoms with Crippen LogP contribution in [0.4, 0.5) is 33.5 Å². The van der Waals surface area contributed by atoms with Crippen molar-refractivity contribution in [3.05, 3.63) is 63.3 Å². The molecule has 10 heteroatoms. The maximum Gasteiger partial charge on any atom is 0.418 e. The second-order valence-corrected chi connectivity index (χ2v) is 4.45. The summed E-state index contributed by atoms with van der Waals surface area (Å²) < 4.78 is 63.4. The van der Waals surface area contributed by atoms with Crippen LogP contribution in [0.1, 0.15) is 11.1 Å². The quantitative estimate of drug-likeness (QED) is 0.523. The molecular weight excluding hydrogens is 325 g/mol. The van der Waals surface area contributed by atoms with Crippen molar-refractivity contribution in [2.24, 2.45) is 0 Å². The van der Waals surface area contributed by atoms with Gasteiger partial charge >= 0.3 is 11.9 Å². The van der Waals surface area contributed by atoms with Gasteiger partial charge in [0.2, 0.25) is 5.82 Å². The number of hydrogen-bond donors (Lipinski definition) is 1. The average Bonchev–Trinajstić information content (AvgIpc) is 2.47. The van der Waals surface area contributed by atoms with Crippen LogP contribution in [0.15, 0.2) is 30.5 Å². The topological polar surface area (TPSA) is 68.1 Å². The van der Waals surface area contributed by atoms with Crippen LogP contribution < -0.4 is 5.32 Å². The molecule has 5 nitrogen and oxygen atoms in total. The summed E-state index contributed by atoms with van der Waals surface area (Å²) in [7, 11) is 0. The predicted molar refractivity (Wildman–Crippen MR) is 69.6 cm³/mol. The fraction of sp³-hybridized carbons (Fsp3) is 0.154. The Morgan fingerprint density at radius 1 is 1.17 bits per heavy atom. The number of halogens is 5. The highest BCUT2D eigenvalue weighted by molar-refractivity contribution is 5.57.